The summed E-state index contributed by atoms with van der Waals surface area (Å²) in [5.41, 5.74) is 2.27. The van der Waals surface area contributed by atoms with E-state index in [0.717, 1.165) is 21.4 Å². The second-order valence-corrected chi connectivity index (χ2v) is 5.97. The van der Waals surface area contributed by atoms with E-state index >= 15 is 0 Å². The Morgan fingerprint density at radius 3 is 2.24 bits per heavy atom. The van der Waals surface area contributed by atoms with Gasteiger partial charge in [0, 0.05) is 22.4 Å². The van der Waals surface area contributed by atoms with Crippen LogP contribution in [0.25, 0.3) is 11.4 Å². The minimum absolute atomic E-state index is 0.0931. The highest BCUT2D eigenvalue weighted by molar-refractivity contribution is 9.10. The van der Waals surface area contributed by atoms with Gasteiger partial charge < -0.3 is 0 Å². The summed E-state index contributed by atoms with van der Waals surface area (Å²) in [6.07, 6.45) is 3.81. The van der Waals surface area contributed by atoms with E-state index in [2.05, 4.69) is 46.7 Å². The summed E-state index contributed by atoms with van der Waals surface area (Å²) in [6.45, 7) is 6.47. The van der Waals surface area contributed by atoms with Crippen LogP contribution in [0.5, 0.6) is 0 Å². The number of benzene rings is 1. The minimum Gasteiger partial charge on any atom is -0.236 e. The van der Waals surface area contributed by atoms with Crippen molar-refractivity contribution in [3.05, 3.63) is 46.7 Å². The van der Waals surface area contributed by atoms with E-state index in [-0.39, 0.29) is 5.41 Å². The SMILES string of the molecule is CC(C)(C)c1cnc(-c2cccc(Br)c2)nc1. The molecule has 1 aromatic carbocycles. The van der Waals surface area contributed by atoms with E-state index in [1.165, 1.54) is 0 Å². The lowest BCUT2D eigenvalue weighted by Gasteiger charge is -2.17. The molecule has 0 spiro atoms. The molecule has 1 aromatic heterocycles. The summed E-state index contributed by atoms with van der Waals surface area (Å²) in [6, 6.07) is 8.01. The molecule has 0 amide bonds. The molecule has 1 heterocycles. The Labute approximate surface area is 110 Å². The first-order valence-corrected chi connectivity index (χ1v) is 6.34. The second-order valence-electron chi connectivity index (χ2n) is 5.06. The summed E-state index contributed by atoms with van der Waals surface area (Å²) in [5.74, 6) is 0.763. The fourth-order valence-electron chi connectivity index (χ4n) is 1.49. The van der Waals surface area contributed by atoms with Gasteiger partial charge in [-0.05, 0) is 23.1 Å². The molecular formula is C14H15BrN2. The van der Waals surface area contributed by atoms with Crippen molar-refractivity contribution in [1.29, 1.82) is 0 Å². The van der Waals surface area contributed by atoms with E-state index in [0.29, 0.717) is 0 Å². The number of nitrogens with zero attached hydrogens (tertiary/aromatic N) is 2. The average Bonchev–Trinajstić information content (AvgIpc) is 2.28. The van der Waals surface area contributed by atoms with Crippen molar-refractivity contribution in [2.24, 2.45) is 0 Å². The zero-order chi connectivity index (χ0) is 12.5. The molecule has 2 aromatic rings. The molecule has 0 aliphatic carbocycles. The molecule has 0 fully saturated rings. The summed E-state index contributed by atoms with van der Waals surface area (Å²) in [5, 5.41) is 0. The first-order chi connectivity index (χ1) is 7.97. The van der Waals surface area contributed by atoms with Crippen LogP contribution in [0.2, 0.25) is 0 Å². The van der Waals surface area contributed by atoms with Gasteiger partial charge in [-0.2, -0.15) is 0 Å². The molecule has 0 unspecified atom stereocenters. The Morgan fingerprint density at radius 1 is 1.06 bits per heavy atom. The highest BCUT2D eigenvalue weighted by Crippen LogP contribution is 2.23. The third-order valence-corrected chi connectivity index (χ3v) is 3.09. The fraction of sp³-hybridized carbons (Fsp3) is 0.286. The largest absolute Gasteiger partial charge is 0.236 e. The molecule has 2 rings (SSSR count). The molecule has 0 radical (unpaired) electrons. The van der Waals surface area contributed by atoms with Crippen molar-refractivity contribution in [2.45, 2.75) is 26.2 Å². The molecular weight excluding hydrogens is 276 g/mol. The van der Waals surface area contributed by atoms with Gasteiger partial charge in [-0.3, -0.25) is 0 Å². The molecule has 2 nitrogen and oxygen atoms in total. The zero-order valence-electron chi connectivity index (χ0n) is 10.2. The Bertz CT molecular complexity index is 512. The number of rotatable bonds is 1. The molecule has 3 heteroatoms. The van der Waals surface area contributed by atoms with Crippen LogP contribution in [0, 0.1) is 0 Å². The lowest BCUT2D eigenvalue weighted by molar-refractivity contribution is 0.584. The minimum atomic E-state index is 0.0931. The van der Waals surface area contributed by atoms with Crippen LogP contribution >= 0.6 is 15.9 Å². The molecule has 0 aliphatic heterocycles. The lowest BCUT2D eigenvalue weighted by Crippen LogP contribution is -2.12. The smallest absolute Gasteiger partial charge is 0.159 e. The molecule has 0 atom stereocenters. The fourth-order valence-corrected chi connectivity index (χ4v) is 1.89. The molecule has 0 aliphatic rings. The lowest BCUT2D eigenvalue weighted by atomic mass is 9.89. The van der Waals surface area contributed by atoms with Crippen LogP contribution in [0.4, 0.5) is 0 Å². The third kappa shape index (κ3) is 2.91. The van der Waals surface area contributed by atoms with E-state index in [1.807, 2.05) is 36.7 Å². The Hall–Kier alpha value is -1.22. The van der Waals surface area contributed by atoms with E-state index in [9.17, 15) is 0 Å². The van der Waals surface area contributed by atoms with Gasteiger partial charge in [0.15, 0.2) is 5.82 Å². The zero-order valence-corrected chi connectivity index (χ0v) is 11.8. The monoisotopic (exact) mass is 290 g/mol. The van der Waals surface area contributed by atoms with Crippen molar-refractivity contribution in [2.75, 3.05) is 0 Å². The van der Waals surface area contributed by atoms with E-state index in [1.54, 1.807) is 0 Å². The van der Waals surface area contributed by atoms with Gasteiger partial charge in [-0.25, -0.2) is 9.97 Å². The number of hydrogen-bond donors (Lipinski definition) is 0. The quantitative estimate of drug-likeness (QED) is 0.786. The van der Waals surface area contributed by atoms with Crippen molar-refractivity contribution >= 4 is 15.9 Å². The third-order valence-electron chi connectivity index (χ3n) is 2.60. The standard InChI is InChI=1S/C14H15BrN2/c1-14(2,3)11-8-16-13(17-9-11)10-5-4-6-12(15)7-10/h4-9H,1-3H3. The average molecular weight is 291 g/mol. The van der Waals surface area contributed by atoms with Crippen molar-refractivity contribution in [1.82, 2.24) is 9.97 Å². The summed E-state index contributed by atoms with van der Waals surface area (Å²) < 4.78 is 1.04. The maximum absolute atomic E-state index is 4.42. The van der Waals surface area contributed by atoms with Crippen LogP contribution < -0.4 is 0 Å². The summed E-state index contributed by atoms with van der Waals surface area (Å²) >= 11 is 3.45. The molecule has 0 saturated heterocycles. The van der Waals surface area contributed by atoms with E-state index < -0.39 is 0 Å². The number of aromatic nitrogens is 2. The Balaban J connectivity index is 2.36. The first kappa shape index (κ1) is 12.2. The van der Waals surface area contributed by atoms with Crippen LogP contribution in [-0.4, -0.2) is 9.97 Å². The molecule has 0 bridgehead atoms. The molecule has 88 valence electrons. The summed E-state index contributed by atoms with van der Waals surface area (Å²) in [7, 11) is 0. The van der Waals surface area contributed by atoms with Gasteiger partial charge in [-0.15, -0.1) is 0 Å². The second kappa shape index (κ2) is 4.57. The van der Waals surface area contributed by atoms with Gasteiger partial charge in [0.05, 0.1) is 0 Å². The van der Waals surface area contributed by atoms with Crippen molar-refractivity contribution in [3.8, 4) is 11.4 Å². The van der Waals surface area contributed by atoms with Gasteiger partial charge >= 0.3 is 0 Å². The summed E-state index contributed by atoms with van der Waals surface area (Å²) in [4.78, 5) is 8.85. The number of hydrogen-bond acceptors (Lipinski definition) is 2. The topological polar surface area (TPSA) is 25.8 Å². The van der Waals surface area contributed by atoms with Crippen LogP contribution in [0.1, 0.15) is 26.3 Å². The molecule has 0 N–H and O–H groups in total. The first-order valence-electron chi connectivity index (χ1n) is 5.55. The number of halogens is 1. The Morgan fingerprint density at radius 2 is 1.71 bits per heavy atom. The van der Waals surface area contributed by atoms with Crippen molar-refractivity contribution < 1.29 is 0 Å². The predicted molar refractivity (Wildman–Crippen MR) is 73.9 cm³/mol. The predicted octanol–water partition coefficient (Wildman–Crippen LogP) is 4.20. The van der Waals surface area contributed by atoms with E-state index in [4.69, 9.17) is 0 Å². The Kier molecular flexibility index (Phi) is 3.29. The van der Waals surface area contributed by atoms with Crippen LogP contribution in [0.15, 0.2) is 41.1 Å². The normalized spacial score (nSPS) is 11.5. The van der Waals surface area contributed by atoms with Gasteiger partial charge in [-0.1, -0.05) is 48.8 Å². The highest BCUT2D eigenvalue weighted by Gasteiger charge is 2.14. The maximum Gasteiger partial charge on any atom is 0.159 e. The maximum atomic E-state index is 4.42. The molecule has 17 heavy (non-hydrogen) atoms. The van der Waals surface area contributed by atoms with Crippen molar-refractivity contribution in [3.63, 3.8) is 0 Å². The van der Waals surface area contributed by atoms with Crippen LogP contribution in [0.3, 0.4) is 0 Å². The van der Waals surface area contributed by atoms with Gasteiger partial charge in [0.2, 0.25) is 0 Å². The van der Waals surface area contributed by atoms with Gasteiger partial charge in [0.25, 0.3) is 0 Å². The highest BCUT2D eigenvalue weighted by atomic mass is 79.9. The van der Waals surface area contributed by atoms with Crippen LogP contribution in [-0.2, 0) is 5.41 Å². The van der Waals surface area contributed by atoms with Gasteiger partial charge in [0.1, 0.15) is 0 Å². The molecule has 0 saturated carbocycles.